The number of halogens is 1. The minimum atomic E-state index is -0.557. The van der Waals surface area contributed by atoms with Gasteiger partial charge in [0.15, 0.2) is 0 Å². The maximum Gasteiger partial charge on any atom is 0.120 e. The van der Waals surface area contributed by atoms with Crippen LogP contribution in [0.3, 0.4) is 0 Å². The second kappa shape index (κ2) is 7.27. The lowest BCUT2D eigenvalue weighted by Gasteiger charge is -2.17. The first-order chi connectivity index (χ1) is 9.63. The van der Waals surface area contributed by atoms with E-state index in [0.29, 0.717) is 17.3 Å². The molecular weight excluding hydrogens is 278 g/mol. The van der Waals surface area contributed by atoms with Crippen molar-refractivity contribution in [3.05, 3.63) is 29.3 Å². The van der Waals surface area contributed by atoms with Crippen molar-refractivity contribution in [2.45, 2.75) is 25.4 Å². The molecule has 0 heterocycles. The molecule has 2 rings (SSSR count). The fourth-order valence-corrected chi connectivity index (χ4v) is 2.42. The average molecular weight is 300 g/mol. The molecule has 0 bridgehead atoms. The molecule has 1 aromatic rings. The molecule has 0 aromatic heterocycles. The van der Waals surface area contributed by atoms with Crippen LogP contribution in [-0.4, -0.2) is 42.6 Å². The van der Waals surface area contributed by atoms with Crippen LogP contribution in [-0.2, 0) is 0 Å². The van der Waals surface area contributed by atoms with Crippen LogP contribution in [0.25, 0.3) is 0 Å². The van der Waals surface area contributed by atoms with E-state index >= 15 is 0 Å². The fraction of sp³-hybridized carbons (Fsp3) is 0.600. The smallest absolute Gasteiger partial charge is 0.120 e. The average Bonchev–Trinajstić information content (AvgIpc) is 3.17. The van der Waals surface area contributed by atoms with Gasteiger partial charge in [0.2, 0.25) is 0 Å². The summed E-state index contributed by atoms with van der Waals surface area (Å²) in [5, 5.41) is 22.7. The Hall–Kier alpha value is -0.810. The highest BCUT2D eigenvalue weighted by Crippen LogP contribution is 2.47. The van der Waals surface area contributed by atoms with E-state index in [-0.39, 0.29) is 18.6 Å². The van der Waals surface area contributed by atoms with E-state index in [1.807, 2.05) is 12.1 Å². The normalized spacial score (nSPS) is 17.8. The summed E-state index contributed by atoms with van der Waals surface area (Å²) in [6.07, 6.45) is 2.61. The van der Waals surface area contributed by atoms with Crippen molar-refractivity contribution in [3.63, 3.8) is 0 Å². The molecule has 0 radical (unpaired) electrons. The summed E-state index contributed by atoms with van der Waals surface area (Å²) in [6, 6.07) is 7.13. The molecular formula is C15H22ClNO3. The molecule has 1 saturated carbocycles. The topological polar surface area (TPSA) is 61.7 Å². The third-order valence-electron chi connectivity index (χ3n) is 3.72. The van der Waals surface area contributed by atoms with Gasteiger partial charge in [0, 0.05) is 24.7 Å². The van der Waals surface area contributed by atoms with Crippen LogP contribution < -0.4 is 10.1 Å². The monoisotopic (exact) mass is 299 g/mol. The van der Waals surface area contributed by atoms with Gasteiger partial charge in [-0.25, -0.2) is 0 Å². The maximum absolute atomic E-state index is 9.86. The first-order valence-electron chi connectivity index (χ1n) is 7.02. The van der Waals surface area contributed by atoms with E-state index in [4.69, 9.17) is 21.4 Å². The van der Waals surface area contributed by atoms with Crippen molar-refractivity contribution in [2.75, 3.05) is 26.3 Å². The second-order valence-corrected chi connectivity index (χ2v) is 5.96. The minimum absolute atomic E-state index is 0.236. The van der Waals surface area contributed by atoms with Gasteiger partial charge < -0.3 is 20.3 Å². The quantitative estimate of drug-likeness (QED) is 0.651. The van der Waals surface area contributed by atoms with Gasteiger partial charge in [0.1, 0.15) is 18.5 Å². The van der Waals surface area contributed by atoms with Crippen molar-refractivity contribution in [1.29, 1.82) is 0 Å². The van der Waals surface area contributed by atoms with E-state index in [1.54, 1.807) is 12.1 Å². The van der Waals surface area contributed by atoms with Gasteiger partial charge in [-0.2, -0.15) is 0 Å². The summed E-state index contributed by atoms with van der Waals surface area (Å²) in [5.41, 5.74) is 0.266. The summed E-state index contributed by atoms with van der Waals surface area (Å²) in [6.45, 7) is 1.82. The molecule has 3 N–H and O–H groups in total. The third kappa shape index (κ3) is 4.94. The molecule has 4 nitrogen and oxygen atoms in total. The lowest BCUT2D eigenvalue weighted by atomic mass is 10.0. The largest absolute Gasteiger partial charge is 0.491 e. The van der Waals surface area contributed by atoms with Crippen LogP contribution >= 0.6 is 11.6 Å². The molecule has 0 saturated heterocycles. The van der Waals surface area contributed by atoms with Crippen LogP contribution in [0.4, 0.5) is 0 Å². The lowest BCUT2D eigenvalue weighted by Crippen LogP contribution is -2.35. The Balaban J connectivity index is 1.62. The molecule has 20 heavy (non-hydrogen) atoms. The summed E-state index contributed by atoms with van der Waals surface area (Å²) < 4.78 is 5.48. The molecule has 112 valence electrons. The van der Waals surface area contributed by atoms with E-state index in [0.717, 1.165) is 25.8 Å². The molecule has 1 unspecified atom stereocenters. The number of hydrogen-bond acceptors (Lipinski definition) is 4. The SMILES string of the molecule is OCCC1(CNCC(O)COc2cccc(Cl)c2)CC1. The number of hydrogen-bond donors (Lipinski definition) is 3. The predicted octanol–water partition coefficient (Wildman–Crippen LogP) is 1.83. The van der Waals surface area contributed by atoms with Crippen LogP contribution in [0.2, 0.25) is 5.02 Å². The summed E-state index contributed by atoms with van der Waals surface area (Å²) in [7, 11) is 0. The Kier molecular flexibility index (Phi) is 5.66. The molecule has 1 aliphatic rings. The van der Waals surface area contributed by atoms with E-state index < -0.39 is 6.10 Å². The zero-order chi connectivity index (χ0) is 14.4. The zero-order valence-corrected chi connectivity index (χ0v) is 12.3. The van der Waals surface area contributed by atoms with Crippen molar-refractivity contribution >= 4 is 11.6 Å². The molecule has 1 fully saturated rings. The van der Waals surface area contributed by atoms with Gasteiger partial charge in [-0.3, -0.25) is 0 Å². The van der Waals surface area contributed by atoms with Gasteiger partial charge in [-0.05, 0) is 42.9 Å². The lowest BCUT2D eigenvalue weighted by molar-refractivity contribution is 0.104. The van der Waals surface area contributed by atoms with E-state index in [1.165, 1.54) is 0 Å². The highest BCUT2D eigenvalue weighted by molar-refractivity contribution is 6.30. The molecule has 1 aliphatic carbocycles. The molecule has 1 atom stereocenters. The maximum atomic E-state index is 9.86. The number of benzene rings is 1. The Morgan fingerprint density at radius 3 is 2.85 bits per heavy atom. The van der Waals surface area contributed by atoms with Crippen LogP contribution in [0.15, 0.2) is 24.3 Å². The second-order valence-electron chi connectivity index (χ2n) is 5.53. The first-order valence-corrected chi connectivity index (χ1v) is 7.39. The zero-order valence-electron chi connectivity index (χ0n) is 11.5. The fourth-order valence-electron chi connectivity index (χ4n) is 2.24. The molecule has 0 spiro atoms. The third-order valence-corrected chi connectivity index (χ3v) is 3.95. The Morgan fingerprint density at radius 1 is 1.40 bits per heavy atom. The Labute approximate surface area is 124 Å². The van der Waals surface area contributed by atoms with Crippen LogP contribution in [0, 0.1) is 5.41 Å². The molecule has 5 heteroatoms. The van der Waals surface area contributed by atoms with Gasteiger partial charge in [0.25, 0.3) is 0 Å². The number of aliphatic hydroxyl groups is 2. The highest BCUT2D eigenvalue weighted by Gasteiger charge is 2.41. The number of aliphatic hydroxyl groups excluding tert-OH is 2. The van der Waals surface area contributed by atoms with Crippen molar-refractivity contribution in [1.82, 2.24) is 5.32 Å². The Morgan fingerprint density at radius 2 is 2.20 bits per heavy atom. The van der Waals surface area contributed by atoms with E-state index in [2.05, 4.69) is 5.32 Å². The van der Waals surface area contributed by atoms with Gasteiger partial charge >= 0.3 is 0 Å². The van der Waals surface area contributed by atoms with Crippen molar-refractivity contribution in [2.24, 2.45) is 5.41 Å². The van der Waals surface area contributed by atoms with Crippen LogP contribution in [0.5, 0.6) is 5.75 Å². The molecule has 0 aliphatic heterocycles. The summed E-state index contributed by atoms with van der Waals surface area (Å²) in [5.74, 6) is 0.662. The van der Waals surface area contributed by atoms with E-state index in [9.17, 15) is 5.11 Å². The summed E-state index contributed by atoms with van der Waals surface area (Å²) in [4.78, 5) is 0. The highest BCUT2D eigenvalue weighted by atomic mass is 35.5. The standard InChI is InChI=1S/C15H22ClNO3/c16-12-2-1-3-14(8-12)20-10-13(19)9-17-11-15(4-5-15)6-7-18/h1-3,8,13,17-19H,4-7,9-11H2. The predicted molar refractivity (Wildman–Crippen MR) is 79.2 cm³/mol. The first kappa shape index (κ1) is 15.6. The number of nitrogens with one attached hydrogen (secondary N) is 1. The van der Waals surface area contributed by atoms with Crippen LogP contribution in [0.1, 0.15) is 19.3 Å². The van der Waals surface area contributed by atoms with Crippen molar-refractivity contribution in [3.8, 4) is 5.75 Å². The summed E-state index contributed by atoms with van der Waals surface area (Å²) >= 11 is 5.86. The van der Waals surface area contributed by atoms with Gasteiger partial charge in [-0.15, -0.1) is 0 Å². The number of rotatable bonds is 9. The van der Waals surface area contributed by atoms with Gasteiger partial charge in [-0.1, -0.05) is 17.7 Å². The Bertz CT molecular complexity index is 423. The molecule has 1 aromatic carbocycles. The molecule has 0 amide bonds. The number of ether oxygens (including phenoxy) is 1. The van der Waals surface area contributed by atoms with Crippen molar-refractivity contribution < 1.29 is 14.9 Å². The van der Waals surface area contributed by atoms with Gasteiger partial charge in [0.05, 0.1) is 0 Å². The minimum Gasteiger partial charge on any atom is -0.491 e.